The van der Waals surface area contributed by atoms with Gasteiger partial charge in [-0.25, -0.2) is 0 Å². The fourth-order valence-electron chi connectivity index (χ4n) is 3.04. The number of rotatable bonds is 4. The molecular formula is C14H27N3O. The average molecular weight is 253 g/mol. The van der Waals surface area contributed by atoms with Crippen molar-refractivity contribution in [1.29, 1.82) is 0 Å². The second-order valence-corrected chi connectivity index (χ2v) is 5.79. The molecule has 104 valence electrons. The summed E-state index contributed by atoms with van der Waals surface area (Å²) in [4.78, 5) is 2.32. The molecule has 0 N–H and O–H groups in total. The number of hydrazone groups is 1. The smallest absolute Gasteiger partial charge is 0.0664 e. The predicted octanol–water partition coefficient (Wildman–Crippen LogP) is 1.81. The Morgan fingerprint density at radius 1 is 1.22 bits per heavy atom. The van der Waals surface area contributed by atoms with Crippen LogP contribution in [0.4, 0.5) is 0 Å². The van der Waals surface area contributed by atoms with Gasteiger partial charge in [0.2, 0.25) is 0 Å². The summed E-state index contributed by atoms with van der Waals surface area (Å²) in [6.45, 7) is 2.25. The van der Waals surface area contributed by atoms with Crippen LogP contribution in [0.3, 0.4) is 0 Å². The van der Waals surface area contributed by atoms with Gasteiger partial charge in [-0.15, -0.1) is 0 Å². The highest BCUT2D eigenvalue weighted by atomic mass is 16.5. The lowest BCUT2D eigenvalue weighted by atomic mass is 9.83. The van der Waals surface area contributed by atoms with E-state index < -0.39 is 0 Å². The third-order valence-electron chi connectivity index (χ3n) is 4.35. The molecule has 1 aliphatic heterocycles. The molecular weight excluding hydrogens is 226 g/mol. The molecule has 2 fully saturated rings. The van der Waals surface area contributed by atoms with Gasteiger partial charge in [0, 0.05) is 38.4 Å². The normalized spacial score (nSPS) is 33.8. The molecule has 0 radical (unpaired) electrons. The third kappa shape index (κ3) is 3.45. The fourth-order valence-corrected chi connectivity index (χ4v) is 3.04. The summed E-state index contributed by atoms with van der Waals surface area (Å²) in [6.07, 6.45) is 8.63. The first-order valence-electron chi connectivity index (χ1n) is 7.19. The van der Waals surface area contributed by atoms with Gasteiger partial charge in [0.25, 0.3) is 0 Å². The topological polar surface area (TPSA) is 28.1 Å². The molecule has 0 aromatic heterocycles. The maximum Gasteiger partial charge on any atom is 0.0664 e. The zero-order chi connectivity index (χ0) is 13.0. The molecule has 3 atom stereocenters. The highest BCUT2D eigenvalue weighted by Gasteiger charge is 2.30. The van der Waals surface area contributed by atoms with Crippen molar-refractivity contribution in [3.05, 3.63) is 0 Å². The van der Waals surface area contributed by atoms with E-state index in [1.54, 1.807) is 0 Å². The van der Waals surface area contributed by atoms with Crippen molar-refractivity contribution in [2.45, 2.75) is 44.2 Å². The van der Waals surface area contributed by atoms with Crippen LogP contribution in [0.15, 0.2) is 5.10 Å². The van der Waals surface area contributed by atoms with E-state index in [1.165, 1.54) is 25.7 Å². The Labute approximate surface area is 111 Å². The number of ether oxygens (including phenoxy) is 1. The minimum absolute atomic E-state index is 0.331. The van der Waals surface area contributed by atoms with E-state index in [-0.39, 0.29) is 0 Å². The number of methoxy groups -OCH3 is 1. The molecule has 2 aliphatic rings. The second-order valence-electron chi connectivity index (χ2n) is 5.79. The van der Waals surface area contributed by atoms with Crippen molar-refractivity contribution < 1.29 is 4.74 Å². The van der Waals surface area contributed by atoms with Crippen LogP contribution in [0, 0.1) is 5.92 Å². The van der Waals surface area contributed by atoms with E-state index in [9.17, 15) is 0 Å². The van der Waals surface area contributed by atoms with Crippen molar-refractivity contribution in [1.82, 2.24) is 9.91 Å². The maximum atomic E-state index is 5.66. The molecule has 2 rings (SSSR count). The summed E-state index contributed by atoms with van der Waals surface area (Å²) in [5, 5.41) is 6.83. The molecule has 0 aromatic rings. The van der Waals surface area contributed by atoms with Crippen molar-refractivity contribution >= 4 is 6.21 Å². The SMILES string of the molecule is COC1CC(N(C)C)CCC1C=NN1CCCC1. The average Bonchev–Trinajstić information content (AvgIpc) is 2.89. The Balaban J connectivity index is 1.88. The number of hydrogen-bond donors (Lipinski definition) is 0. The highest BCUT2D eigenvalue weighted by molar-refractivity contribution is 5.61. The Hall–Kier alpha value is -0.610. The largest absolute Gasteiger partial charge is 0.381 e. The molecule has 4 heteroatoms. The van der Waals surface area contributed by atoms with Gasteiger partial charge in [-0.3, -0.25) is 5.01 Å². The van der Waals surface area contributed by atoms with Crippen molar-refractivity contribution in [2.75, 3.05) is 34.3 Å². The molecule has 18 heavy (non-hydrogen) atoms. The van der Waals surface area contributed by atoms with Gasteiger partial charge >= 0.3 is 0 Å². The zero-order valence-corrected chi connectivity index (χ0v) is 12.0. The van der Waals surface area contributed by atoms with Gasteiger partial charge in [0.05, 0.1) is 6.10 Å². The Morgan fingerprint density at radius 3 is 2.56 bits per heavy atom. The molecule has 4 nitrogen and oxygen atoms in total. The van der Waals surface area contributed by atoms with Crippen LogP contribution in [0.2, 0.25) is 0 Å². The van der Waals surface area contributed by atoms with Crippen LogP contribution < -0.4 is 0 Å². The Bertz CT molecular complexity index is 274. The summed E-state index contributed by atoms with van der Waals surface area (Å²) in [7, 11) is 6.16. The van der Waals surface area contributed by atoms with E-state index in [2.05, 4.69) is 35.3 Å². The fraction of sp³-hybridized carbons (Fsp3) is 0.929. The number of hydrogen-bond acceptors (Lipinski definition) is 4. The van der Waals surface area contributed by atoms with Crippen LogP contribution in [0.25, 0.3) is 0 Å². The first-order valence-corrected chi connectivity index (χ1v) is 7.19. The van der Waals surface area contributed by atoms with E-state index in [1.807, 2.05) is 7.11 Å². The minimum atomic E-state index is 0.331. The third-order valence-corrected chi connectivity index (χ3v) is 4.35. The van der Waals surface area contributed by atoms with Gasteiger partial charge in [-0.2, -0.15) is 5.10 Å². The summed E-state index contributed by atoms with van der Waals surface area (Å²) < 4.78 is 5.66. The van der Waals surface area contributed by atoms with Gasteiger partial charge in [-0.05, 0) is 46.2 Å². The van der Waals surface area contributed by atoms with E-state index in [0.29, 0.717) is 18.1 Å². The van der Waals surface area contributed by atoms with Crippen LogP contribution in [-0.2, 0) is 4.74 Å². The van der Waals surface area contributed by atoms with E-state index in [0.717, 1.165) is 19.5 Å². The first kappa shape index (κ1) is 13.8. The lowest BCUT2D eigenvalue weighted by Crippen LogP contribution is -2.41. The van der Waals surface area contributed by atoms with Crippen molar-refractivity contribution in [3.8, 4) is 0 Å². The minimum Gasteiger partial charge on any atom is -0.381 e. The highest BCUT2D eigenvalue weighted by Crippen LogP contribution is 2.28. The predicted molar refractivity (Wildman–Crippen MR) is 74.9 cm³/mol. The quantitative estimate of drug-likeness (QED) is 0.715. The number of nitrogens with zero attached hydrogens (tertiary/aromatic N) is 3. The molecule has 1 saturated heterocycles. The van der Waals surface area contributed by atoms with Crippen LogP contribution >= 0.6 is 0 Å². The summed E-state index contributed by atoms with van der Waals surface area (Å²) in [6, 6.07) is 0.659. The van der Waals surface area contributed by atoms with Crippen LogP contribution in [0.5, 0.6) is 0 Å². The molecule has 1 saturated carbocycles. The van der Waals surface area contributed by atoms with Crippen LogP contribution in [0.1, 0.15) is 32.1 Å². The summed E-state index contributed by atoms with van der Waals surface area (Å²) in [5.74, 6) is 0.492. The lowest BCUT2D eigenvalue weighted by molar-refractivity contribution is 0.0201. The first-order chi connectivity index (χ1) is 8.70. The Kier molecular flexibility index (Phi) is 5.01. The van der Waals surface area contributed by atoms with Gasteiger partial charge in [-0.1, -0.05) is 0 Å². The molecule has 0 bridgehead atoms. The standard InChI is InChI=1S/C14H27N3O/c1-16(2)13-7-6-12(14(10-13)18-3)11-15-17-8-4-5-9-17/h11-14H,4-10H2,1-3H3. The van der Waals surface area contributed by atoms with Crippen molar-refractivity contribution in [2.24, 2.45) is 11.0 Å². The van der Waals surface area contributed by atoms with Crippen molar-refractivity contribution in [3.63, 3.8) is 0 Å². The summed E-state index contributed by atoms with van der Waals surface area (Å²) >= 11 is 0. The van der Waals surface area contributed by atoms with E-state index >= 15 is 0 Å². The molecule has 0 spiro atoms. The van der Waals surface area contributed by atoms with Gasteiger partial charge in [0.15, 0.2) is 0 Å². The Morgan fingerprint density at radius 2 is 1.94 bits per heavy atom. The van der Waals surface area contributed by atoms with Crippen LogP contribution in [-0.4, -0.2) is 62.6 Å². The molecule has 1 aliphatic carbocycles. The maximum absolute atomic E-state index is 5.66. The van der Waals surface area contributed by atoms with Gasteiger partial charge in [0.1, 0.15) is 0 Å². The second kappa shape index (κ2) is 6.53. The molecule has 3 unspecified atom stereocenters. The van der Waals surface area contributed by atoms with E-state index in [4.69, 9.17) is 4.74 Å². The molecule has 0 amide bonds. The molecule has 1 heterocycles. The van der Waals surface area contributed by atoms with Gasteiger partial charge < -0.3 is 9.64 Å². The summed E-state index contributed by atoms with van der Waals surface area (Å²) in [5.41, 5.74) is 0. The lowest BCUT2D eigenvalue weighted by Gasteiger charge is -2.36. The monoisotopic (exact) mass is 253 g/mol. The molecule has 0 aromatic carbocycles. The zero-order valence-electron chi connectivity index (χ0n) is 12.0.